The molecule has 0 amide bonds. The van der Waals surface area contributed by atoms with Gasteiger partial charge in [-0.1, -0.05) is 41.1 Å². The summed E-state index contributed by atoms with van der Waals surface area (Å²) in [5.74, 6) is -0.287. The molecule has 0 fully saturated rings. The van der Waals surface area contributed by atoms with Gasteiger partial charge in [0.05, 0.1) is 20.9 Å². The van der Waals surface area contributed by atoms with Crippen LogP contribution < -0.4 is 5.32 Å². The first-order valence-electron chi connectivity index (χ1n) is 5.72. The maximum atomic E-state index is 13.8. The zero-order valence-electron chi connectivity index (χ0n) is 10.1. The number of fused-ring (bicyclic) bond motifs is 1. The molecular formula is C14H10ClFN2S. The number of benzene rings is 2. The van der Waals surface area contributed by atoms with Crippen molar-refractivity contribution in [2.45, 2.75) is 6.92 Å². The highest BCUT2D eigenvalue weighted by Gasteiger charge is 2.10. The first-order valence-corrected chi connectivity index (χ1v) is 6.92. The molecule has 0 atom stereocenters. The van der Waals surface area contributed by atoms with Gasteiger partial charge in [-0.3, -0.25) is 0 Å². The van der Waals surface area contributed by atoms with Crippen molar-refractivity contribution < 1.29 is 4.39 Å². The number of hydrogen-bond donors (Lipinski definition) is 1. The Morgan fingerprint density at radius 2 is 2.00 bits per heavy atom. The minimum absolute atomic E-state index is 0.287. The molecule has 0 bridgehead atoms. The molecule has 0 aliphatic heterocycles. The lowest BCUT2D eigenvalue weighted by molar-refractivity contribution is 0.631. The van der Waals surface area contributed by atoms with Crippen molar-refractivity contribution in [3.63, 3.8) is 0 Å². The van der Waals surface area contributed by atoms with Crippen molar-refractivity contribution in [1.29, 1.82) is 0 Å². The van der Waals surface area contributed by atoms with Gasteiger partial charge in [0.15, 0.2) is 5.13 Å². The molecule has 5 heteroatoms. The molecule has 0 unspecified atom stereocenters. The summed E-state index contributed by atoms with van der Waals surface area (Å²) in [7, 11) is 0. The fraction of sp³-hybridized carbons (Fsp3) is 0.0714. The normalized spacial score (nSPS) is 10.9. The maximum absolute atomic E-state index is 13.8. The summed E-state index contributed by atoms with van der Waals surface area (Å²) >= 11 is 7.52. The predicted octanol–water partition coefficient (Wildman–Crippen LogP) is 5.14. The number of nitrogens with zero attached hydrogens (tertiary/aromatic N) is 1. The van der Waals surface area contributed by atoms with Gasteiger partial charge < -0.3 is 5.32 Å². The quantitative estimate of drug-likeness (QED) is 0.707. The molecule has 0 spiro atoms. The smallest absolute Gasteiger partial charge is 0.188 e. The number of hydrogen-bond acceptors (Lipinski definition) is 3. The zero-order chi connectivity index (χ0) is 13.4. The molecule has 3 aromatic rings. The van der Waals surface area contributed by atoms with Crippen LogP contribution in [0.1, 0.15) is 5.56 Å². The van der Waals surface area contributed by atoms with E-state index in [1.54, 1.807) is 6.07 Å². The van der Waals surface area contributed by atoms with Crippen LogP contribution in [0.3, 0.4) is 0 Å². The molecule has 2 nitrogen and oxygen atoms in total. The van der Waals surface area contributed by atoms with Crippen molar-refractivity contribution in [2.24, 2.45) is 0 Å². The van der Waals surface area contributed by atoms with Crippen molar-refractivity contribution in [3.8, 4) is 0 Å². The topological polar surface area (TPSA) is 24.9 Å². The van der Waals surface area contributed by atoms with Crippen LogP contribution in [-0.4, -0.2) is 4.98 Å². The molecule has 1 heterocycles. The van der Waals surface area contributed by atoms with Crippen LogP contribution in [0.15, 0.2) is 36.4 Å². The van der Waals surface area contributed by atoms with E-state index in [9.17, 15) is 4.39 Å². The third-order valence-electron chi connectivity index (χ3n) is 2.82. The van der Waals surface area contributed by atoms with Gasteiger partial charge in [0.1, 0.15) is 5.82 Å². The molecule has 0 aliphatic rings. The van der Waals surface area contributed by atoms with Crippen molar-refractivity contribution >= 4 is 44.0 Å². The molecule has 1 aromatic heterocycles. The van der Waals surface area contributed by atoms with E-state index in [0.717, 1.165) is 15.8 Å². The minimum Gasteiger partial charge on any atom is -0.329 e. The lowest BCUT2D eigenvalue weighted by Crippen LogP contribution is -1.95. The Balaban J connectivity index is 2.04. The summed E-state index contributed by atoms with van der Waals surface area (Å²) in [5.41, 5.74) is 2.11. The monoisotopic (exact) mass is 292 g/mol. The van der Waals surface area contributed by atoms with Gasteiger partial charge in [-0.15, -0.1) is 0 Å². The van der Waals surface area contributed by atoms with Gasteiger partial charge in [-0.25, -0.2) is 9.37 Å². The van der Waals surface area contributed by atoms with E-state index in [1.807, 2.05) is 31.2 Å². The van der Waals surface area contributed by atoms with E-state index in [0.29, 0.717) is 15.8 Å². The van der Waals surface area contributed by atoms with Gasteiger partial charge in [-0.05, 0) is 30.7 Å². The molecule has 96 valence electrons. The van der Waals surface area contributed by atoms with E-state index in [-0.39, 0.29) is 5.82 Å². The van der Waals surface area contributed by atoms with Crippen LogP contribution in [0.25, 0.3) is 10.2 Å². The molecule has 0 saturated heterocycles. The fourth-order valence-corrected chi connectivity index (χ4v) is 3.03. The number of aryl methyl sites for hydroxylation is 1. The third kappa shape index (κ3) is 2.29. The number of nitrogens with one attached hydrogen (secondary N) is 1. The van der Waals surface area contributed by atoms with Gasteiger partial charge in [0, 0.05) is 0 Å². The van der Waals surface area contributed by atoms with Crippen LogP contribution in [0.4, 0.5) is 15.2 Å². The van der Waals surface area contributed by atoms with E-state index < -0.39 is 0 Å². The molecule has 1 N–H and O–H groups in total. The molecule has 0 radical (unpaired) electrons. The summed E-state index contributed by atoms with van der Waals surface area (Å²) in [6, 6.07) is 10.5. The van der Waals surface area contributed by atoms with Crippen molar-refractivity contribution in [2.75, 3.05) is 5.32 Å². The Labute approximate surface area is 118 Å². The van der Waals surface area contributed by atoms with Crippen molar-refractivity contribution in [3.05, 3.63) is 52.8 Å². The Kier molecular flexibility index (Phi) is 3.12. The fourth-order valence-electron chi connectivity index (χ4n) is 1.87. The third-order valence-corrected chi connectivity index (χ3v) is 4.27. The number of halogens is 2. The second-order valence-corrected chi connectivity index (χ2v) is 5.57. The van der Waals surface area contributed by atoms with Gasteiger partial charge in [0.2, 0.25) is 0 Å². The highest BCUT2D eigenvalue weighted by Crippen LogP contribution is 2.34. The molecule has 0 saturated carbocycles. The number of para-hydroxylation sites is 1. The summed E-state index contributed by atoms with van der Waals surface area (Å²) in [6.45, 7) is 1.85. The molecule has 19 heavy (non-hydrogen) atoms. The molecule has 2 aromatic carbocycles. The minimum atomic E-state index is -0.287. The molecule has 0 aliphatic carbocycles. The van der Waals surface area contributed by atoms with Crippen LogP contribution in [0.5, 0.6) is 0 Å². The number of anilines is 2. The van der Waals surface area contributed by atoms with E-state index in [2.05, 4.69) is 10.3 Å². The second kappa shape index (κ2) is 4.79. The summed E-state index contributed by atoms with van der Waals surface area (Å²) in [6.07, 6.45) is 0. The van der Waals surface area contributed by atoms with Gasteiger partial charge in [-0.2, -0.15) is 0 Å². The average molecular weight is 293 g/mol. The second-order valence-electron chi connectivity index (χ2n) is 4.16. The van der Waals surface area contributed by atoms with E-state index in [1.165, 1.54) is 17.4 Å². The highest BCUT2D eigenvalue weighted by molar-refractivity contribution is 7.22. The number of rotatable bonds is 2. The van der Waals surface area contributed by atoms with Crippen LogP contribution in [-0.2, 0) is 0 Å². The maximum Gasteiger partial charge on any atom is 0.188 e. The molecular weight excluding hydrogens is 283 g/mol. The van der Waals surface area contributed by atoms with Gasteiger partial charge >= 0.3 is 0 Å². The lowest BCUT2D eigenvalue weighted by Gasteiger charge is -2.07. The van der Waals surface area contributed by atoms with Crippen LogP contribution in [0, 0.1) is 12.7 Å². The average Bonchev–Trinajstić information content (AvgIpc) is 2.78. The highest BCUT2D eigenvalue weighted by atomic mass is 35.5. The Morgan fingerprint density at radius 3 is 2.74 bits per heavy atom. The number of thiazole rings is 1. The first kappa shape index (κ1) is 12.4. The summed E-state index contributed by atoms with van der Waals surface area (Å²) in [4.78, 5) is 4.41. The van der Waals surface area contributed by atoms with E-state index >= 15 is 0 Å². The van der Waals surface area contributed by atoms with Crippen LogP contribution >= 0.6 is 22.9 Å². The van der Waals surface area contributed by atoms with Crippen molar-refractivity contribution in [1.82, 2.24) is 4.98 Å². The van der Waals surface area contributed by atoms with Crippen LogP contribution in [0.2, 0.25) is 5.02 Å². The Hall–Kier alpha value is -1.65. The first-order chi connectivity index (χ1) is 9.15. The van der Waals surface area contributed by atoms with E-state index in [4.69, 9.17) is 11.6 Å². The molecule has 3 rings (SSSR count). The predicted molar refractivity (Wildman–Crippen MR) is 79.0 cm³/mol. The van der Waals surface area contributed by atoms with Gasteiger partial charge in [0.25, 0.3) is 0 Å². The summed E-state index contributed by atoms with van der Waals surface area (Å²) < 4.78 is 14.7. The lowest BCUT2D eigenvalue weighted by atomic mass is 10.2. The SMILES string of the molecule is Cc1cccc(F)c1Nc1nc2cccc(Cl)c2s1. The number of aromatic nitrogens is 1. The standard InChI is InChI=1S/C14H10ClFN2S/c1-8-4-2-6-10(16)12(8)18-14-17-11-7-3-5-9(15)13(11)19-14/h2-7H,1H3,(H,17,18). The Morgan fingerprint density at radius 1 is 1.21 bits per heavy atom. The zero-order valence-corrected chi connectivity index (χ0v) is 11.6. The largest absolute Gasteiger partial charge is 0.329 e. The summed E-state index contributed by atoms with van der Waals surface area (Å²) in [5, 5.41) is 4.33. The Bertz CT molecular complexity index is 734.